The van der Waals surface area contributed by atoms with Crippen molar-refractivity contribution in [1.82, 2.24) is 0 Å². The fourth-order valence-corrected chi connectivity index (χ4v) is 1.76. The molecular formula is C7H7Cl2KO3S. The summed E-state index contributed by atoms with van der Waals surface area (Å²) in [7, 11) is -4.01. The zero-order valence-electron chi connectivity index (χ0n) is 8.37. The number of hydrogen-bond acceptors (Lipinski definition) is 2. The van der Waals surface area contributed by atoms with Crippen molar-refractivity contribution in [2.24, 2.45) is 0 Å². The third-order valence-electron chi connectivity index (χ3n) is 1.33. The molecule has 0 spiro atoms. The van der Waals surface area contributed by atoms with E-state index in [0.29, 0.717) is 10.6 Å². The van der Waals surface area contributed by atoms with E-state index in [1.165, 1.54) is 18.2 Å². The topological polar surface area (TPSA) is 54.4 Å². The van der Waals surface area contributed by atoms with Crippen LogP contribution in [0.3, 0.4) is 0 Å². The Morgan fingerprint density at radius 2 is 1.86 bits per heavy atom. The summed E-state index contributed by atoms with van der Waals surface area (Å²) >= 11 is 11.2. The van der Waals surface area contributed by atoms with Crippen molar-refractivity contribution in [2.45, 2.75) is 5.75 Å². The maximum absolute atomic E-state index is 10.5. The molecule has 1 aromatic carbocycles. The molecule has 0 atom stereocenters. The van der Waals surface area contributed by atoms with E-state index < -0.39 is 15.9 Å². The normalized spacial score (nSPS) is 10.8. The summed E-state index contributed by atoms with van der Waals surface area (Å²) in [5.41, 5.74) is 0.400. The van der Waals surface area contributed by atoms with Gasteiger partial charge in [0.15, 0.2) is 0 Å². The summed E-state index contributed by atoms with van der Waals surface area (Å²) in [4.78, 5) is 0. The Morgan fingerprint density at radius 1 is 1.29 bits per heavy atom. The van der Waals surface area contributed by atoms with Gasteiger partial charge in [0.1, 0.15) is 5.75 Å². The molecule has 0 radical (unpaired) electrons. The summed E-state index contributed by atoms with van der Waals surface area (Å²) in [6.07, 6.45) is 0. The summed E-state index contributed by atoms with van der Waals surface area (Å²) < 4.78 is 29.5. The maximum Gasteiger partial charge on any atom is 1.00 e. The minimum Gasteiger partial charge on any atom is -1.00 e. The number of benzene rings is 1. The quantitative estimate of drug-likeness (QED) is 0.587. The Hall–Kier alpha value is 1.35. The second-order valence-electron chi connectivity index (χ2n) is 2.47. The summed E-state index contributed by atoms with van der Waals surface area (Å²) in [5.74, 6) is -0.454. The largest absolute Gasteiger partial charge is 1.00 e. The zero-order valence-corrected chi connectivity index (χ0v) is 12.8. The van der Waals surface area contributed by atoms with E-state index in [-0.39, 0.29) is 57.8 Å². The van der Waals surface area contributed by atoms with Crippen LogP contribution >= 0.6 is 23.2 Å². The molecule has 0 fully saturated rings. The monoisotopic (exact) mass is 280 g/mol. The number of hydrogen-bond donors (Lipinski definition) is 1. The van der Waals surface area contributed by atoms with Crippen LogP contribution in [-0.4, -0.2) is 13.0 Å². The molecule has 14 heavy (non-hydrogen) atoms. The van der Waals surface area contributed by atoms with E-state index in [4.69, 9.17) is 27.8 Å². The van der Waals surface area contributed by atoms with E-state index in [9.17, 15) is 8.42 Å². The Morgan fingerprint density at radius 3 is 2.29 bits per heavy atom. The second kappa shape index (κ2) is 6.17. The van der Waals surface area contributed by atoms with Crippen molar-refractivity contribution in [3.8, 4) is 0 Å². The summed E-state index contributed by atoms with van der Waals surface area (Å²) in [5, 5.41) is 0.614. The Bertz CT molecular complexity index is 424. The molecule has 0 aliphatic rings. The first kappa shape index (κ1) is 15.3. The first-order valence-electron chi connectivity index (χ1n) is 3.27. The average molecular weight is 281 g/mol. The van der Waals surface area contributed by atoms with Gasteiger partial charge in [0.2, 0.25) is 0 Å². The van der Waals surface area contributed by atoms with Crippen molar-refractivity contribution in [2.75, 3.05) is 0 Å². The van der Waals surface area contributed by atoms with Crippen LogP contribution in [0.5, 0.6) is 0 Å². The van der Waals surface area contributed by atoms with Gasteiger partial charge in [-0.1, -0.05) is 29.3 Å². The van der Waals surface area contributed by atoms with Crippen LogP contribution < -0.4 is 51.4 Å². The van der Waals surface area contributed by atoms with Gasteiger partial charge in [0.25, 0.3) is 10.1 Å². The number of rotatable bonds is 2. The SMILES string of the molecule is O=S(=O)(O)Cc1ccc(Cl)c(Cl)c1.[H-].[K+]. The van der Waals surface area contributed by atoms with Crippen molar-refractivity contribution < 1.29 is 65.8 Å². The molecule has 1 N–H and O–H groups in total. The molecule has 0 aliphatic heterocycles. The van der Waals surface area contributed by atoms with Gasteiger partial charge in [-0.2, -0.15) is 8.42 Å². The van der Waals surface area contributed by atoms with Crippen molar-refractivity contribution in [3.63, 3.8) is 0 Å². The van der Waals surface area contributed by atoms with Gasteiger partial charge in [0, 0.05) is 0 Å². The molecule has 0 bridgehead atoms. The van der Waals surface area contributed by atoms with Crippen molar-refractivity contribution in [3.05, 3.63) is 33.8 Å². The molecule has 0 heterocycles. The molecule has 0 saturated carbocycles. The van der Waals surface area contributed by atoms with Gasteiger partial charge in [-0.05, 0) is 17.7 Å². The van der Waals surface area contributed by atoms with E-state index >= 15 is 0 Å². The van der Waals surface area contributed by atoms with Crippen LogP contribution in [0.1, 0.15) is 6.99 Å². The minimum absolute atomic E-state index is 0. The van der Waals surface area contributed by atoms with Crippen LogP contribution in [0, 0.1) is 0 Å². The standard InChI is InChI=1S/C7H6Cl2O3S.K.H/c8-6-2-1-5(3-7(6)9)4-13(10,11)12;;/h1-3H,4H2,(H,10,11,12);;/q;+1;-1. The van der Waals surface area contributed by atoms with E-state index in [0.717, 1.165) is 0 Å². The molecule has 1 aromatic rings. The third-order valence-corrected chi connectivity index (χ3v) is 2.77. The molecule has 74 valence electrons. The van der Waals surface area contributed by atoms with E-state index in [1.807, 2.05) is 0 Å². The Balaban J connectivity index is 0. The molecule has 0 saturated heterocycles. The van der Waals surface area contributed by atoms with E-state index in [2.05, 4.69) is 0 Å². The average Bonchev–Trinajstić information content (AvgIpc) is 1.94. The Labute approximate surface area is 136 Å². The van der Waals surface area contributed by atoms with Crippen LogP contribution in [0.2, 0.25) is 10.0 Å². The molecule has 0 aliphatic carbocycles. The first-order valence-corrected chi connectivity index (χ1v) is 5.64. The van der Waals surface area contributed by atoms with Gasteiger partial charge in [-0.15, -0.1) is 0 Å². The predicted octanol–water partition coefficient (Wildman–Crippen LogP) is -0.502. The van der Waals surface area contributed by atoms with Crippen LogP contribution in [-0.2, 0) is 15.9 Å². The Kier molecular flexibility index (Phi) is 6.77. The van der Waals surface area contributed by atoms with E-state index in [1.54, 1.807) is 0 Å². The third kappa shape index (κ3) is 5.44. The minimum atomic E-state index is -4.01. The fraction of sp³-hybridized carbons (Fsp3) is 0.143. The second-order valence-corrected chi connectivity index (χ2v) is 4.74. The van der Waals surface area contributed by atoms with Crippen LogP contribution in [0.25, 0.3) is 0 Å². The molecule has 3 nitrogen and oxygen atoms in total. The summed E-state index contributed by atoms with van der Waals surface area (Å²) in [6, 6.07) is 4.37. The van der Waals surface area contributed by atoms with Gasteiger partial charge < -0.3 is 1.43 Å². The molecule has 0 amide bonds. The maximum atomic E-state index is 10.5. The molecule has 7 heteroatoms. The van der Waals surface area contributed by atoms with Crippen molar-refractivity contribution >= 4 is 33.3 Å². The molecule has 0 unspecified atom stereocenters. The van der Waals surface area contributed by atoms with Gasteiger partial charge in [-0.25, -0.2) is 0 Å². The van der Waals surface area contributed by atoms with Gasteiger partial charge in [0.05, 0.1) is 10.0 Å². The van der Waals surface area contributed by atoms with Gasteiger partial charge in [-0.3, -0.25) is 4.55 Å². The molecule has 0 aromatic heterocycles. The zero-order chi connectivity index (χ0) is 10.1. The molecular weight excluding hydrogens is 274 g/mol. The van der Waals surface area contributed by atoms with Crippen LogP contribution in [0.15, 0.2) is 18.2 Å². The number of halogens is 2. The fourth-order valence-electron chi connectivity index (χ4n) is 0.840. The first-order chi connectivity index (χ1) is 5.88. The van der Waals surface area contributed by atoms with Crippen molar-refractivity contribution in [1.29, 1.82) is 0 Å². The van der Waals surface area contributed by atoms with Gasteiger partial charge >= 0.3 is 51.4 Å². The summed E-state index contributed by atoms with van der Waals surface area (Å²) in [6.45, 7) is 0. The van der Waals surface area contributed by atoms with Crippen LogP contribution in [0.4, 0.5) is 0 Å². The smallest absolute Gasteiger partial charge is 1.00 e. The predicted molar refractivity (Wildman–Crippen MR) is 52.8 cm³/mol. The molecule has 1 rings (SSSR count).